The van der Waals surface area contributed by atoms with Crippen molar-refractivity contribution in [3.05, 3.63) is 85.5 Å². The molecule has 5 rings (SSSR count). The Morgan fingerprint density at radius 2 is 1.90 bits per heavy atom. The number of thioether (sulfide) groups is 1. The van der Waals surface area contributed by atoms with E-state index in [1.54, 1.807) is 28.0 Å². The average molecular weight is 450 g/mol. The molecule has 0 aliphatic heterocycles. The summed E-state index contributed by atoms with van der Waals surface area (Å²) in [6, 6.07) is 16.9. The summed E-state index contributed by atoms with van der Waals surface area (Å²) in [7, 11) is 0. The van der Waals surface area contributed by atoms with Crippen LogP contribution in [0.5, 0.6) is 0 Å². The van der Waals surface area contributed by atoms with Gasteiger partial charge in [-0.25, -0.2) is 4.98 Å². The molecule has 0 saturated heterocycles. The van der Waals surface area contributed by atoms with Crippen molar-refractivity contribution < 1.29 is 0 Å². The minimum atomic E-state index is -0.0101. The second kappa shape index (κ2) is 7.92. The number of aryl methyl sites for hydroxylation is 2. The zero-order valence-electron chi connectivity index (χ0n) is 15.9. The third-order valence-corrected chi connectivity index (χ3v) is 7.69. The largest absolute Gasteiger partial charge is 0.268 e. The first-order valence-electron chi connectivity index (χ1n) is 9.59. The van der Waals surface area contributed by atoms with Gasteiger partial charge in [-0.3, -0.25) is 9.36 Å². The van der Waals surface area contributed by atoms with Crippen molar-refractivity contribution in [1.82, 2.24) is 9.55 Å². The topological polar surface area (TPSA) is 58.7 Å². The molecule has 4 aromatic rings. The van der Waals surface area contributed by atoms with Gasteiger partial charge in [0.05, 0.1) is 22.7 Å². The standard InChI is InChI=1S/C23H16ClN3OS2/c24-16-8-10-17(11-9-16)27-22(28)20-18-2-1-3-19(18)30-21(20)26-23(27)29-13-15-6-4-14(12-25)5-7-15/h4-11H,1-3,13H2. The van der Waals surface area contributed by atoms with Crippen LogP contribution in [0.3, 0.4) is 0 Å². The molecular weight excluding hydrogens is 434 g/mol. The number of fused-ring (bicyclic) bond motifs is 3. The number of halogens is 1. The van der Waals surface area contributed by atoms with Gasteiger partial charge in [0.2, 0.25) is 0 Å². The molecular formula is C23H16ClN3OS2. The van der Waals surface area contributed by atoms with Gasteiger partial charge in [-0.2, -0.15) is 5.26 Å². The summed E-state index contributed by atoms with van der Waals surface area (Å²) in [4.78, 5) is 20.6. The number of hydrogen-bond donors (Lipinski definition) is 0. The second-order valence-electron chi connectivity index (χ2n) is 7.15. The minimum Gasteiger partial charge on any atom is -0.268 e. The molecule has 1 aliphatic carbocycles. The van der Waals surface area contributed by atoms with E-state index in [0.717, 1.165) is 40.7 Å². The summed E-state index contributed by atoms with van der Waals surface area (Å²) in [6.07, 6.45) is 3.09. The molecule has 7 heteroatoms. The molecule has 4 nitrogen and oxygen atoms in total. The molecule has 0 amide bonds. The van der Waals surface area contributed by atoms with Crippen LogP contribution in [0.1, 0.15) is 28.0 Å². The SMILES string of the molecule is N#Cc1ccc(CSc2nc3sc4c(c3c(=O)n2-c2ccc(Cl)cc2)CCC4)cc1. The van der Waals surface area contributed by atoms with Crippen LogP contribution in [0.15, 0.2) is 58.5 Å². The molecule has 0 radical (unpaired) electrons. The van der Waals surface area contributed by atoms with E-state index < -0.39 is 0 Å². The van der Waals surface area contributed by atoms with Gasteiger partial charge in [-0.15, -0.1) is 11.3 Å². The van der Waals surface area contributed by atoms with Crippen LogP contribution in [0.25, 0.3) is 15.9 Å². The fourth-order valence-electron chi connectivity index (χ4n) is 3.76. The van der Waals surface area contributed by atoms with Gasteiger partial charge >= 0.3 is 0 Å². The maximum atomic E-state index is 13.6. The molecule has 1 aliphatic rings. The number of hydrogen-bond acceptors (Lipinski definition) is 5. The molecule has 30 heavy (non-hydrogen) atoms. The first-order valence-corrected chi connectivity index (χ1v) is 11.8. The van der Waals surface area contributed by atoms with Gasteiger partial charge in [-0.1, -0.05) is 35.5 Å². The summed E-state index contributed by atoms with van der Waals surface area (Å²) >= 11 is 9.25. The molecule has 0 bridgehead atoms. The van der Waals surface area contributed by atoms with E-state index in [0.29, 0.717) is 21.5 Å². The maximum absolute atomic E-state index is 13.6. The molecule has 2 heterocycles. The van der Waals surface area contributed by atoms with Gasteiger partial charge in [0.25, 0.3) is 5.56 Å². The fraction of sp³-hybridized carbons (Fsp3) is 0.174. The van der Waals surface area contributed by atoms with Crippen LogP contribution in [-0.2, 0) is 18.6 Å². The van der Waals surface area contributed by atoms with Gasteiger partial charge in [-0.05, 0) is 66.8 Å². The normalized spacial score (nSPS) is 12.8. The number of aromatic nitrogens is 2. The van der Waals surface area contributed by atoms with Gasteiger partial charge in [0.15, 0.2) is 5.16 Å². The second-order valence-corrected chi connectivity index (χ2v) is 9.61. The lowest BCUT2D eigenvalue weighted by molar-refractivity contribution is 0.820. The minimum absolute atomic E-state index is 0.0101. The summed E-state index contributed by atoms with van der Waals surface area (Å²) in [5.74, 6) is 0.655. The Morgan fingerprint density at radius 1 is 1.13 bits per heavy atom. The fourth-order valence-corrected chi connectivity index (χ4v) is 6.16. The molecule has 0 N–H and O–H groups in total. The summed E-state index contributed by atoms with van der Waals surface area (Å²) < 4.78 is 1.71. The third-order valence-electron chi connectivity index (χ3n) is 5.24. The number of nitriles is 1. The quantitative estimate of drug-likeness (QED) is 0.294. The predicted octanol–water partition coefficient (Wildman–Crippen LogP) is 5.75. The Balaban J connectivity index is 1.62. The van der Waals surface area contributed by atoms with E-state index in [9.17, 15) is 4.79 Å². The molecule has 0 fully saturated rings. The van der Waals surface area contributed by atoms with E-state index >= 15 is 0 Å². The molecule has 0 spiro atoms. The smallest absolute Gasteiger partial charge is 0.267 e. The number of benzene rings is 2. The first-order chi connectivity index (χ1) is 14.6. The maximum Gasteiger partial charge on any atom is 0.267 e. The van der Waals surface area contributed by atoms with Crippen molar-refractivity contribution in [1.29, 1.82) is 5.26 Å². The van der Waals surface area contributed by atoms with E-state index in [4.69, 9.17) is 21.8 Å². The predicted molar refractivity (Wildman–Crippen MR) is 123 cm³/mol. The average Bonchev–Trinajstić information content (AvgIpc) is 3.34. The first kappa shape index (κ1) is 19.4. The molecule has 2 aromatic carbocycles. The summed E-state index contributed by atoms with van der Waals surface area (Å²) in [5.41, 5.74) is 3.64. The van der Waals surface area contributed by atoms with Crippen molar-refractivity contribution >= 4 is 44.9 Å². The molecule has 2 aromatic heterocycles. The van der Waals surface area contributed by atoms with Crippen molar-refractivity contribution in [3.63, 3.8) is 0 Å². The monoisotopic (exact) mass is 449 g/mol. The third kappa shape index (κ3) is 3.43. The summed E-state index contributed by atoms with van der Waals surface area (Å²) in [5, 5.41) is 11.1. The highest BCUT2D eigenvalue weighted by Gasteiger charge is 2.24. The lowest BCUT2D eigenvalue weighted by Gasteiger charge is -2.13. The van der Waals surface area contributed by atoms with Crippen molar-refractivity contribution in [2.24, 2.45) is 0 Å². The highest BCUT2D eigenvalue weighted by molar-refractivity contribution is 7.98. The van der Waals surface area contributed by atoms with E-state index in [-0.39, 0.29) is 5.56 Å². The van der Waals surface area contributed by atoms with Crippen LogP contribution >= 0.6 is 34.7 Å². The molecule has 0 saturated carbocycles. The highest BCUT2D eigenvalue weighted by atomic mass is 35.5. The Labute approximate surface area is 186 Å². The van der Waals surface area contributed by atoms with Crippen LogP contribution < -0.4 is 5.56 Å². The Morgan fingerprint density at radius 3 is 2.63 bits per heavy atom. The summed E-state index contributed by atoms with van der Waals surface area (Å²) in [6.45, 7) is 0. The van der Waals surface area contributed by atoms with Crippen molar-refractivity contribution in [3.8, 4) is 11.8 Å². The van der Waals surface area contributed by atoms with E-state index in [1.807, 2.05) is 36.4 Å². The number of nitrogens with zero attached hydrogens (tertiary/aromatic N) is 3. The zero-order chi connectivity index (χ0) is 20.7. The van der Waals surface area contributed by atoms with Crippen LogP contribution in [0.4, 0.5) is 0 Å². The number of thiophene rings is 1. The van der Waals surface area contributed by atoms with E-state index in [1.165, 1.54) is 22.2 Å². The van der Waals surface area contributed by atoms with E-state index in [2.05, 4.69) is 6.07 Å². The van der Waals surface area contributed by atoms with Crippen LogP contribution in [-0.4, -0.2) is 9.55 Å². The van der Waals surface area contributed by atoms with Gasteiger partial charge in [0.1, 0.15) is 4.83 Å². The van der Waals surface area contributed by atoms with Crippen LogP contribution in [0, 0.1) is 11.3 Å². The molecule has 0 unspecified atom stereocenters. The zero-order valence-corrected chi connectivity index (χ0v) is 18.3. The number of rotatable bonds is 4. The van der Waals surface area contributed by atoms with Gasteiger partial charge < -0.3 is 0 Å². The van der Waals surface area contributed by atoms with Crippen molar-refractivity contribution in [2.45, 2.75) is 30.2 Å². The highest BCUT2D eigenvalue weighted by Crippen LogP contribution is 2.36. The Bertz CT molecular complexity index is 1350. The molecule has 0 atom stereocenters. The van der Waals surface area contributed by atoms with Gasteiger partial charge in [0, 0.05) is 15.7 Å². The lowest BCUT2D eigenvalue weighted by Crippen LogP contribution is -2.21. The van der Waals surface area contributed by atoms with Crippen molar-refractivity contribution in [2.75, 3.05) is 0 Å². The lowest BCUT2D eigenvalue weighted by atomic mass is 10.2. The van der Waals surface area contributed by atoms with Crippen LogP contribution in [0.2, 0.25) is 5.02 Å². The Hall–Kier alpha value is -2.59. The Kier molecular flexibility index (Phi) is 5.11. The molecule has 148 valence electrons.